The molecule has 0 bridgehead atoms. The Hall–Kier alpha value is -1.76. The Bertz CT molecular complexity index is 604. The number of likely N-dealkylation sites (tertiary alicyclic amines) is 1. The third-order valence-electron chi connectivity index (χ3n) is 3.90. The lowest BCUT2D eigenvalue weighted by Gasteiger charge is -2.18. The molecule has 120 valence electrons. The zero-order chi connectivity index (χ0) is 16.4. The Kier molecular flexibility index (Phi) is 4.95. The summed E-state index contributed by atoms with van der Waals surface area (Å²) < 4.78 is 11.1. The molecule has 1 aromatic rings. The SMILES string of the molecule is COc1cc(C(=O)N2C[C@@H](C)[C@H](C(=O)O)C2)cc(Br)c1OC. The van der Waals surface area contributed by atoms with Gasteiger partial charge in [-0.2, -0.15) is 0 Å². The largest absolute Gasteiger partial charge is 0.493 e. The van der Waals surface area contributed by atoms with Gasteiger partial charge in [0.1, 0.15) is 0 Å². The summed E-state index contributed by atoms with van der Waals surface area (Å²) in [6, 6.07) is 3.26. The van der Waals surface area contributed by atoms with Crippen LogP contribution in [0.5, 0.6) is 11.5 Å². The van der Waals surface area contributed by atoms with Crippen LogP contribution >= 0.6 is 15.9 Å². The second-order valence-corrected chi connectivity index (χ2v) is 6.18. The van der Waals surface area contributed by atoms with Crippen LogP contribution < -0.4 is 9.47 Å². The average Bonchev–Trinajstić information content (AvgIpc) is 2.87. The van der Waals surface area contributed by atoms with E-state index >= 15 is 0 Å². The van der Waals surface area contributed by atoms with Crippen molar-refractivity contribution in [3.05, 3.63) is 22.2 Å². The van der Waals surface area contributed by atoms with E-state index in [1.54, 1.807) is 17.0 Å². The molecule has 1 N–H and O–H groups in total. The number of methoxy groups -OCH3 is 2. The van der Waals surface area contributed by atoms with Crippen LogP contribution in [0.15, 0.2) is 16.6 Å². The number of carbonyl (C=O) groups excluding carboxylic acids is 1. The summed E-state index contributed by atoms with van der Waals surface area (Å²) in [7, 11) is 3.01. The van der Waals surface area contributed by atoms with Crippen molar-refractivity contribution in [3.8, 4) is 11.5 Å². The number of carboxylic acid groups (broad SMARTS) is 1. The minimum absolute atomic E-state index is 0.0648. The lowest BCUT2D eigenvalue weighted by atomic mass is 9.99. The first kappa shape index (κ1) is 16.6. The second kappa shape index (κ2) is 6.56. The summed E-state index contributed by atoms with van der Waals surface area (Å²) >= 11 is 3.35. The van der Waals surface area contributed by atoms with Crippen LogP contribution in [0.4, 0.5) is 0 Å². The monoisotopic (exact) mass is 371 g/mol. The van der Waals surface area contributed by atoms with Crippen molar-refractivity contribution < 1.29 is 24.2 Å². The van der Waals surface area contributed by atoms with Crippen LogP contribution in [0.3, 0.4) is 0 Å². The van der Waals surface area contributed by atoms with Crippen LogP contribution in [-0.2, 0) is 4.79 Å². The fraction of sp³-hybridized carbons (Fsp3) is 0.467. The molecule has 0 aromatic heterocycles. The van der Waals surface area contributed by atoms with Crippen LogP contribution in [0.25, 0.3) is 0 Å². The molecule has 1 aromatic carbocycles. The van der Waals surface area contributed by atoms with Crippen LogP contribution in [0.1, 0.15) is 17.3 Å². The quantitative estimate of drug-likeness (QED) is 0.878. The number of hydrogen-bond acceptors (Lipinski definition) is 4. The topological polar surface area (TPSA) is 76.1 Å². The van der Waals surface area contributed by atoms with Crippen molar-refractivity contribution in [2.24, 2.45) is 11.8 Å². The molecule has 1 heterocycles. The number of halogens is 1. The molecule has 0 aliphatic carbocycles. The molecule has 0 unspecified atom stereocenters. The van der Waals surface area contributed by atoms with Gasteiger partial charge in [-0.25, -0.2) is 0 Å². The molecule has 1 fully saturated rings. The van der Waals surface area contributed by atoms with E-state index < -0.39 is 11.9 Å². The van der Waals surface area contributed by atoms with Gasteiger partial charge in [-0.15, -0.1) is 0 Å². The zero-order valence-corrected chi connectivity index (χ0v) is 14.2. The number of carbonyl (C=O) groups is 2. The molecule has 2 atom stereocenters. The molecule has 22 heavy (non-hydrogen) atoms. The van der Waals surface area contributed by atoms with E-state index in [1.165, 1.54) is 14.2 Å². The number of benzene rings is 1. The molecule has 7 heteroatoms. The highest BCUT2D eigenvalue weighted by Gasteiger charge is 2.37. The van der Waals surface area contributed by atoms with Gasteiger partial charge in [0.05, 0.1) is 24.6 Å². The molecule has 1 saturated heterocycles. The van der Waals surface area contributed by atoms with Gasteiger partial charge < -0.3 is 19.5 Å². The van der Waals surface area contributed by atoms with E-state index in [1.807, 2.05) is 6.92 Å². The van der Waals surface area contributed by atoms with Crippen molar-refractivity contribution in [3.63, 3.8) is 0 Å². The van der Waals surface area contributed by atoms with Gasteiger partial charge in [0.2, 0.25) is 0 Å². The summed E-state index contributed by atoms with van der Waals surface area (Å²) in [6.07, 6.45) is 0. The number of hydrogen-bond donors (Lipinski definition) is 1. The lowest BCUT2D eigenvalue weighted by molar-refractivity contribution is -0.142. The summed E-state index contributed by atoms with van der Waals surface area (Å²) in [5.41, 5.74) is 0.433. The third-order valence-corrected chi connectivity index (χ3v) is 4.49. The van der Waals surface area contributed by atoms with Crippen molar-refractivity contribution in [2.75, 3.05) is 27.3 Å². The Morgan fingerprint density at radius 2 is 1.95 bits per heavy atom. The van der Waals surface area contributed by atoms with E-state index in [0.29, 0.717) is 28.1 Å². The van der Waals surface area contributed by atoms with E-state index in [2.05, 4.69) is 15.9 Å². The first-order valence-electron chi connectivity index (χ1n) is 6.82. The molecular formula is C15H18BrNO5. The molecule has 1 amide bonds. The minimum atomic E-state index is -0.865. The Labute approximate surface area is 137 Å². The van der Waals surface area contributed by atoms with Crippen molar-refractivity contribution in [1.29, 1.82) is 0 Å². The Balaban J connectivity index is 2.27. The molecule has 2 rings (SSSR count). The van der Waals surface area contributed by atoms with Crippen molar-refractivity contribution in [1.82, 2.24) is 4.90 Å². The second-order valence-electron chi connectivity index (χ2n) is 5.33. The third kappa shape index (κ3) is 3.04. The zero-order valence-electron chi connectivity index (χ0n) is 12.6. The van der Waals surface area contributed by atoms with Gasteiger partial charge >= 0.3 is 5.97 Å². The number of amides is 1. The Morgan fingerprint density at radius 3 is 2.45 bits per heavy atom. The molecule has 0 saturated carbocycles. The summed E-state index contributed by atoms with van der Waals surface area (Å²) in [4.78, 5) is 25.3. The molecule has 1 aliphatic rings. The summed E-state index contributed by atoms with van der Waals surface area (Å²) in [5.74, 6) is -0.703. The van der Waals surface area contributed by atoms with Crippen molar-refractivity contribution in [2.45, 2.75) is 6.92 Å². The molecular weight excluding hydrogens is 354 g/mol. The number of nitrogens with zero attached hydrogens (tertiary/aromatic N) is 1. The average molecular weight is 372 g/mol. The van der Waals surface area contributed by atoms with Crippen LogP contribution in [0, 0.1) is 11.8 Å². The predicted molar refractivity (Wildman–Crippen MR) is 83.4 cm³/mol. The fourth-order valence-electron chi connectivity index (χ4n) is 2.68. The first-order valence-corrected chi connectivity index (χ1v) is 7.62. The van der Waals surface area contributed by atoms with Crippen LogP contribution in [0.2, 0.25) is 0 Å². The first-order chi connectivity index (χ1) is 10.4. The highest BCUT2D eigenvalue weighted by molar-refractivity contribution is 9.10. The fourth-order valence-corrected chi connectivity index (χ4v) is 3.28. The maximum atomic E-state index is 12.6. The number of rotatable bonds is 4. The van der Waals surface area contributed by atoms with Gasteiger partial charge in [0.25, 0.3) is 5.91 Å². The highest BCUT2D eigenvalue weighted by Crippen LogP contribution is 2.37. The Morgan fingerprint density at radius 1 is 1.27 bits per heavy atom. The van der Waals surface area contributed by atoms with Crippen LogP contribution in [-0.4, -0.2) is 49.2 Å². The summed E-state index contributed by atoms with van der Waals surface area (Å²) in [5, 5.41) is 9.17. The smallest absolute Gasteiger partial charge is 0.308 e. The lowest BCUT2D eigenvalue weighted by Crippen LogP contribution is -2.30. The van der Waals surface area contributed by atoms with E-state index in [4.69, 9.17) is 14.6 Å². The summed E-state index contributed by atoms with van der Waals surface area (Å²) in [6.45, 7) is 2.50. The van der Waals surface area contributed by atoms with Gasteiger partial charge in [-0.05, 0) is 34.0 Å². The number of ether oxygens (including phenoxy) is 2. The van der Waals surface area contributed by atoms with Gasteiger partial charge in [0.15, 0.2) is 11.5 Å². The minimum Gasteiger partial charge on any atom is -0.493 e. The molecule has 0 radical (unpaired) electrons. The molecule has 1 aliphatic heterocycles. The maximum Gasteiger partial charge on any atom is 0.308 e. The van der Waals surface area contributed by atoms with Gasteiger partial charge in [0, 0.05) is 18.7 Å². The van der Waals surface area contributed by atoms with E-state index in [0.717, 1.165) is 0 Å². The van der Waals surface area contributed by atoms with Gasteiger partial charge in [-0.3, -0.25) is 9.59 Å². The predicted octanol–water partition coefficient (Wildman–Crippen LogP) is 2.26. The number of carboxylic acids is 1. The van der Waals surface area contributed by atoms with E-state index in [9.17, 15) is 9.59 Å². The molecule has 6 nitrogen and oxygen atoms in total. The van der Waals surface area contributed by atoms with E-state index in [-0.39, 0.29) is 18.4 Å². The maximum absolute atomic E-state index is 12.6. The van der Waals surface area contributed by atoms with Gasteiger partial charge in [-0.1, -0.05) is 6.92 Å². The normalized spacial score (nSPS) is 20.8. The molecule has 0 spiro atoms. The highest BCUT2D eigenvalue weighted by atomic mass is 79.9. The standard InChI is InChI=1S/C15H18BrNO5/c1-8-6-17(7-10(8)15(19)20)14(18)9-4-11(16)13(22-3)12(5-9)21-2/h4-5,8,10H,6-7H2,1-3H3,(H,19,20)/t8-,10-/m1/s1. The van der Waals surface area contributed by atoms with Crippen molar-refractivity contribution >= 4 is 27.8 Å². The number of aliphatic carboxylic acids is 1.